The molecule has 4 nitrogen and oxygen atoms in total. The number of rotatable bonds is 6. The van der Waals surface area contributed by atoms with E-state index in [0.717, 1.165) is 11.1 Å². The van der Waals surface area contributed by atoms with Gasteiger partial charge >= 0.3 is 6.36 Å². The topological polar surface area (TPSA) is 50.4 Å². The SMILES string of the molecule is CNC(=O)c1cccc(CNCc2ccc(OC(F)(F)F)cc2)c1. The predicted octanol–water partition coefficient (Wildman–Crippen LogP) is 3.23. The molecule has 0 unspecified atom stereocenters. The van der Waals surface area contributed by atoms with Gasteiger partial charge in [-0.1, -0.05) is 24.3 Å². The zero-order valence-corrected chi connectivity index (χ0v) is 13.0. The average molecular weight is 338 g/mol. The Bertz CT molecular complexity index is 685. The van der Waals surface area contributed by atoms with Crippen LogP contribution in [0.25, 0.3) is 0 Å². The normalized spacial score (nSPS) is 11.2. The molecule has 0 aliphatic rings. The molecular formula is C17H17F3N2O2. The Hall–Kier alpha value is -2.54. The zero-order valence-electron chi connectivity index (χ0n) is 13.0. The van der Waals surface area contributed by atoms with Crippen molar-refractivity contribution < 1.29 is 22.7 Å². The molecule has 7 heteroatoms. The highest BCUT2D eigenvalue weighted by atomic mass is 19.4. The quantitative estimate of drug-likeness (QED) is 0.850. The molecule has 2 rings (SSSR count). The van der Waals surface area contributed by atoms with Crippen molar-refractivity contribution in [2.45, 2.75) is 19.5 Å². The Morgan fingerprint density at radius 3 is 2.33 bits per heavy atom. The van der Waals surface area contributed by atoms with Gasteiger partial charge in [-0.25, -0.2) is 0 Å². The molecule has 0 saturated heterocycles. The summed E-state index contributed by atoms with van der Waals surface area (Å²) >= 11 is 0. The highest BCUT2D eigenvalue weighted by Crippen LogP contribution is 2.22. The van der Waals surface area contributed by atoms with E-state index < -0.39 is 6.36 Å². The Morgan fingerprint density at radius 2 is 1.71 bits per heavy atom. The molecule has 0 atom stereocenters. The number of halogens is 3. The fourth-order valence-corrected chi connectivity index (χ4v) is 2.13. The molecule has 2 N–H and O–H groups in total. The van der Waals surface area contributed by atoms with Gasteiger partial charge in [0.2, 0.25) is 0 Å². The van der Waals surface area contributed by atoms with Crippen LogP contribution in [-0.2, 0) is 13.1 Å². The number of alkyl halides is 3. The van der Waals surface area contributed by atoms with Gasteiger partial charge in [0.05, 0.1) is 0 Å². The van der Waals surface area contributed by atoms with Crippen LogP contribution in [0, 0.1) is 0 Å². The molecule has 0 spiro atoms. The molecule has 0 fully saturated rings. The molecular weight excluding hydrogens is 321 g/mol. The lowest BCUT2D eigenvalue weighted by molar-refractivity contribution is -0.274. The van der Waals surface area contributed by atoms with Crippen LogP contribution in [0.1, 0.15) is 21.5 Å². The monoisotopic (exact) mass is 338 g/mol. The highest BCUT2D eigenvalue weighted by molar-refractivity contribution is 5.94. The fourth-order valence-electron chi connectivity index (χ4n) is 2.13. The van der Waals surface area contributed by atoms with Gasteiger partial charge in [0, 0.05) is 25.7 Å². The fraction of sp³-hybridized carbons (Fsp3) is 0.235. The minimum absolute atomic E-state index is 0.155. The molecule has 2 aromatic rings. The summed E-state index contributed by atoms with van der Waals surface area (Å²) in [7, 11) is 1.57. The number of carbonyl (C=O) groups excluding carboxylic acids is 1. The molecule has 24 heavy (non-hydrogen) atoms. The van der Waals surface area contributed by atoms with Gasteiger partial charge in [0.1, 0.15) is 5.75 Å². The van der Waals surface area contributed by atoms with Crippen molar-refractivity contribution in [1.29, 1.82) is 0 Å². The third kappa shape index (κ3) is 5.58. The lowest BCUT2D eigenvalue weighted by Gasteiger charge is -2.10. The number of hydrogen-bond acceptors (Lipinski definition) is 3. The van der Waals surface area contributed by atoms with Gasteiger partial charge in [-0.3, -0.25) is 4.79 Å². The molecule has 1 amide bonds. The van der Waals surface area contributed by atoms with Crippen molar-refractivity contribution in [2.75, 3.05) is 7.05 Å². The summed E-state index contributed by atoms with van der Waals surface area (Å²) in [5, 5.41) is 5.74. The minimum Gasteiger partial charge on any atom is -0.406 e. The molecule has 0 bridgehead atoms. The summed E-state index contributed by atoms with van der Waals surface area (Å²) in [6.07, 6.45) is -4.68. The van der Waals surface area contributed by atoms with Crippen LogP contribution in [0.5, 0.6) is 5.75 Å². The first-order valence-corrected chi connectivity index (χ1v) is 7.24. The third-order valence-electron chi connectivity index (χ3n) is 3.23. The second kappa shape index (κ2) is 7.83. The number of ether oxygens (including phenoxy) is 1. The number of nitrogens with one attached hydrogen (secondary N) is 2. The van der Waals surface area contributed by atoms with E-state index in [1.54, 1.807) is 37.4 Å². The summed E-state index contributed by atoms with van der Waals surface area (Å²) < 4.78 is 40.1. The number of hydrogen-bond donors (Lipinski definition) is 2. The second-order valence-corrected chi connectivity index (χ2v) is 5.07. The van der Waals surface area contributed by atoms with Crippen molar-refractivity contribution in [3.05, 3.63) is 65.2 Å². The highest BCUT2D eigenvalue weighted by Gasteiger charge is 2.30. The van der Waals surface area contributed by atoms with Crippen LogP contribution in [0.15, 0.2) is 48.5 Å². The van der Waals surface area contributed by atoms with Gasteiger partial charge in [0.25, 0.3) is 5.91 Å². The van der Waals surface area contributed by atoms with Gasteiger partial charge in [-0.05, 0) is 35.4 Å². The molecule has 0 radical (unpaired) electrons. The Labute approximate surface area is 137 Å². The zero-order chi connectivity index (χ0) is 17.6. The summed E-state index contributed by atoms with van der Waals surface area (Å²) in [6, 6.07) is 12.9. The van der Waals surface area contributed by atoms with Crippen molar-refractivity contribution in [2.24, 2.45) is 0 Å². The van der Waals surface area contributed by atoms with Crippen LogP contribution in [0.3, 0.4) is 0 Å². The summed E-state index contributed by atoms with van der Waals surface area (Å²) in [5.74, 6) is -0.401. The van der Waals surface area contributed by atoms with Crippen LogP contribution < -0.4 is 15.4 Å². The maximum Gasteiger partial charge on any atom is 0.573 e. The molecule has 0 aliphatic carbocycles. The molecule has 128 valence electrons. The maximum absolute atomic E-state index is 12.1. The number of amides is 1. The maximum atomic E-state index is 12.1. The summed E-state index contributed by atoms with van der Waals surface area (Å²) in [6.45, 7) is 1.02. The number of benzene rings is 2. The molecule has 0 aliphatic heterocycles. The Balaban J connectivity index is 1.87. The van der Waals surface area contributed by atoms with Crippen LogP contribution in [0.4, 0.5) is 13.2 Å². The average Bonchev–Trinajstić information content (AvgIpc) is 2.54. The van der Waals surface area contributed by atoms with E-state index >= 15 is 0 Å². The van der Waals surface area contributed by atoms with E-state index in [2.05, 4.69) is 15.4 Å². The van der Waals surface area contributed by atoms with E-state index in [1.165, 1.54) is 12.1 Å². The van der Waals surface area contributed by atoms with E-state index in [9.17, 15) is 18.0 Å². The van der Waals surface area contributed by atoms with E-state index in [4.69, 9.17) is 0 Å². The minimum atomic E-state index is -4.68. The van der Waals surface area contributed by atoms with Crippen molar-refractivity contribution >= 4 is 5.91 Å². The summed E-state index contributed by atoms with van der Waals surface area (Å²) in [4.78, 5) is 11.6. The van der Waals surface area contributed by atoms with Gasteiger partial charge in [-0.2, -0.15) is 0 Å². The van der Waals surface area contributed by atoms with Gasteiger partial charge in [-0.15, -0.1) is 13.2 Å². The first-order valence-electron chi connectivity index (χ1n) is 7.24. The molecule has 2 aromatic carbocycles. The van der Waals surface area contributed by atoms with Crippen LogP contribution in [-0.4, -0.2) is 19.3 Å². The van der Waals surface area contributed by atoms with E-state index in [-0.39, 0.29) is 11.7 Å². The second-order valence-electron chi connectivity index (χ2n) is 5.07. The Morgan fingerprint density at radius 1 is 1.04 bits per heavy atom. The third-order valence-corrected chi connectivity index (χ3v) is 3.23. The Kier molecular flexibility index (Phi) is 5.81. The summed E-state index contributed by atoms with van der Waals surface area (Å²) in [5.41, 5.74) is 2.34. The lowest BCUT2D eigenvalue weighted by atomic mass is 10.1. The van der Waals surface area contributed by atoms with E-state index in [1.807, 2.05) is 6.07 Å². The van der Waals surface area contributed by atoms with E-state index in [0.29, 0.717) is 18.7 Å². The molecule has 0 saturated carbocycles. The smallest absolute Gasteiger partial charge is 0.406 e. The molecule has 0 aromatic heterocycles. The first-order chi connectivity index (χ1) is 11.4. The van der Waals surface area contributed by atoms with Gasteiger partial charge < -0.3 is 15.4 Å². The van der Waals surface area contributed by atoms with Crippen molar-refractivity contribution in [3.8, 4) is 5.75 Å². The number of carbonyl (C=O) groups is 1. The van der Waals surface area contributed by atoms with Gasteiger partial charge in [0.15, 0.2) is 0 Å². The van der Waals surface area contributed by atoms with Crippen molar-refractivity contribution in [1.82, 2.24) is 10.6 Å². The molecule has 0 heterocycles. The largest absolute Gasteiger partial charge is 0.573 e. The van der Waals surface area contributed by atoms with Crippen molar-refractivity contribution in [3.63, 3.8) is 0 Å². The first kappa shape index (κ1) is 17.8. The van der Waals surface area contributed by atoms with Crippen LogP contribution in [0.2, 0.25) is 0 Å². The standard InChI is InChI=1S/C17H17F3N2O2/c1-21-16(23)14-4-2-3-13(9-14)11-22-10-12-5-7-15(8-6-12)24-17(18,19)20/h2-9,22H,10-11H2,1H3,(H,21,23). The lowest BCUT2D eigenvalue weighted by Crippen LogP contribution is -2.18. The van der Waals surface area contributed by atoms with Crippen LogP contribution >= 0.6 is 0 Å². The predicted molar refractivity (Wildman–Crippen MR) is 83.5 cm³/mol.